The van der Waals surface area contributed by atoms with Crippen molar-refractivity contribution in [3.05, 3.63) is 53.0 Å². The number of ether oxygens (including phenoxy) is 1. The van der Waals surface area contributed by atoms with Crippen LogP contribution in [0.15, 0.2) is 57.9 Å². The van der Waals surface area contributed by atoms with E-state index < -0.39 is 32.5 Å². The summed E-state index contributed by atoms with van der Waals surface area (Å²) in [6.07, 6.45) is -0.969. The molecule has 0 aliphatic heterocycles. The maximum atomic E-state index is 12.8. The van der Waals surface area contributed by atoms with Crippen molar-refractivity contribution in [2.24, 2.45) is 0 Å². The molecule has 2 aromatic carbocycles. The number of halogens is 3. The van der Waals surface area contributed by atoms with Gasteiger partial charge in [0.25, 0.3) is 5.91 Å². The molecule has 0 aliphatic rings. The van der Waals surface area contributed by atoms with Crippen LogP contribution in [0.4, 0.5) is 14.5 Å². The standard InChI is InChI=1S/C16H14BrF2NO4S/c1-10(24-12-8-6-11(17)7-9-12)15(21)20-13-4-2-3-5-14(13)25(22,23)16(18)19/h2-10,16H,1H3,(H,20,21)/t10-/m1/s1. The van der Waals surface area contributed by atoms with Gasteiger partial charge in [-0.25, -0.2) is 8.42 Å². The summed E-state index contributed by atoms with van der Waals surface area (Å²) in [5.41, 5.74) is -0.223. The lowest BCUT2D eigenvalue weighted by atomic mass is 10.3. The van der Waals surface area contributed by atoms with E-state index in [0.717, 1.165) is 10.5 Å². The molecule has 25 heavy (non-hydrogen) atoms. The molecule has 134 valence electrons. The van der Waals surface area contributed by atoms with Gasteiger partial charge in [0.15, 0.2) is 6.10 Å². The number of benzene rings is 2. The van der Waals surface area contributed by atoms with Crippen molar-refractivity contribution in [2.45, 2.75) is 23.7 Å². The van der Waals surface area contributed by atoms with Crippen LogP contribution in [0.2, 0.25) is 0 Å². The van der Waals surface area contributed by atoms with Gasteiger partial charge < -0.3 is 10.1 Å². The quantitative estimate of drug-likeness (QED) is 0.750. The third kappa shape index (κ3) is 4.76. The molecule has 5 nitrogen and oxygen atoms in total. The molecule has 0 unspecified atom stereocenters. The van der Waals surface area contributed by atoms with E-state index in [2.05, 4.69) is 21.2 Å². The average molecular weight is 434 g/mol. The lowest BCUT2D eigenvalue weighted by Gasteiger charge is -2.16. The summed E-state index contributed by atoms with van der Waals surface area (Å²) in [4.78, 5) is 11.6. The Morgan fingerprint density at radius 1 is 1.12 bits per heavy atom. The minimum Gasteiger partial charge on any atom is -0.481 e. The highest BCUT2D eigenvalue weighted by molar-refractivity contribution is 9.10. The fourth-order valence-corrected chi connectivity index (χ4v) is 3.07. The van der Waals surface area contributed by atoms with Crippen molar-refractivity contribution in [1.29, 1.82) is 0 Å². The van der Waals surface area contributed by atoms with Gasteiger partial charge >= 0.3 is 5.76 Å². The number of carbonyl (C=O) groups is 1. The second-order valence-corrected chi connectivity index (χ2v) is 7.81. The highest BCUT2D eigenvalue weighted by Crippen LogP contribution is 2.26. The Balaban J connectivity index is 2.16. The molecule has 0 heterocycles. The number of hydrogen-bond acceptors (Lipinski definition) is 4. The van der Waals surface area contributed by atoms with Crippen LogP contribution in [0.3, 0.4) is 0 Å². The van der Waals surface area contributed by atoms with E-state index in [9.17, 15) is 22.0 Å². The lowest BCUT2D eigenvalue weighted by Crippen LogP contribution is -2.31. The van der Waals surface area contributed by atoms with Crippen LogP contribution in [0.5, 0.6) is 5.75 Å². The number of sulfone groups is 1. The van der Waals surface area contributed by atoms with Crippen LogP contribution < -0.4 is 10.1 Å². The summed E-state index contributed by atoms with van der Waals surface area (Å²) in [6.45, 7) is 1.46. The summed E-state index contributed by atoms with van der Waals surface area (Å²) in [6, 6.07) is 11.7. The molecule has 0 spiro atoms. The highest BCUT2D eigenvalue weighted by Gasteiger charge is 2.30. The molecule has 0 fully saturated rings. The first-order chi connectivity index (χ1) is 11.7. The van der Waals surface area contributed by atoms with Crippen molar-refractivity contribution < 1.29 is 26.7 Å². The molecular weight excluding hydrogens is 420 g/mol. The van der Waals surface area contributed by atoms with Crippen LogP contribution in [-0.4, -0.2) is 26.2 Å². The van der Waals surface area contributed by atoms with E-state index in [1.807, 2.05) is 0 Å². The minimum absolute atomic E-state index is 0.223. The van der Waals surface area contributed by atoms with E-state index in [4.69, 9.17) is 4.74 Å². The summed E-state index contributed by atoms with van der Waals surface area (Å²) in [5.74, 6) is -3.82. The van der Waals surface area contributed by atoms with E-state index >= 15 is 0 Å². The fraction of sp³-hybridized carbons (Fsp3) is 0.188. The molecule has 9 heteroatoms. The van der Waals surface area contributed by atoms with Gasteiger partial charge in [-0.1, -0.05) is 28.1 Å². The number of amides is 1. The molecule has 0 saturated carbocycles. The molecule has 1 amide bonds. The first-order valence-electron chi connectivity index (χ1n) is 7.06. The SMILES string of the molecule is C[C@@H](Oc1ccc(Br)cc1)C(=O)Nc1ccccc1S(=O)(=O)C(F)F. The number of hydrogen-bond donors (Lipinski definition) is 1. The number of alkyl halides is 2. The van der Waals surface area contributed by atoms with Crippen LogP contribution in [0.1, 0.15) is 6.92 Å². The molecule has 0 saturated heterocycles. The Bertz CT molecular complexity index is 857. The fourth-order valence-electron chi connectivity index (χ4n) is 1.92. The van der Waals surface area contributed by atoms with Crippen LogP contribution in [0, 0.1) is 0 Å². The van der Waals surface area contributed by atoms with E-state index in [-0.39, 0.29) is 5.69 Å². The molecule has 0 radical (unpaired) electrons. The predicted molar refractivity (Wildman–Crippen MR) is 92.5 cm³/mol. The maximum absolute atomic E-state index is 12.8. The van der Waals surface area contributed by atoms with Crippen LogP contribution in [0.25, 0.3) is 0 Å². The average Bonchev–Trinajstić information content (AvgIpc) is 2.57. The van der Waals surface area contributed by atoms with Crippen molar-refractivity contribution in [1.82, 2.24) is 0 Å². The first-order valence-corrected chi connectivity index (χ1v) is 9.40. The number of anilines is 1. The second-order valence-electron chi connectivity index (χ2n) is 5.01. The van der Waals surface area contributed by atoms with Crippen LogP contribution in [-0.2, 0) is 14.6 Å². The summed E-state index contributed by atoms with van der Waals surface area (Å²) in [7, 11) is -4.84. The topological polar surface area (TPSA) is 72.5 Å². The molecule has 1 N–H and O–H groups in total. The predicted octanol–water partition coefficient (Wildman–Crippen LogP) is 3.85. The van der Waals surface area contributed by atoms with Crippen molar-refractivity contribution in [3.8, 4) is 5.75 Å². The zero-order valence-corrected chi connectivity index (χ0v) is 15.4. The maximum Gasteiger partial charge on any atom is 0.341 e. The summed E-state index contributed by atoms with van der Waals surface area (Å²) in [5, 5.41) is 2.32. The summed E-state index contributed by atoms with van der Waals surface area (Å²) >= 11 is 3.27. The Labute approximate surface area is 152 Å². The summed E-state index contributed by atoms with van der Waals surface area (Å²) < 4.78 is 55.2. The number of carbonyl (C=O) groups excluding carboxylic acids is 1. The van der Waals surface area contributed by atoms with Gasteiger partial charge in [-0.2, -0.15) is 8.78 Å². The second kappa shape index (κ2) is 7.92. The highest BCUT2D eigenvalue weighted by atomic mass is 79.9. The van der Waals surface area contributed by atoms with E-state index in [1.54, 1.807) is 24.3 Å². The Hall–Kier alpha value is -2.00. The largest absolute Gasteiger partial charge is 0.481 e. The van der Waals surface area contributed by atoms with Crippen molar-refractivity contribution in [2.75, 3.05) is 5.32 Å². The molecule has 2 aromatic rings. The third-order valence-corrected chi connectivity index (χ3v) is 5.15. The van der Waals surface area contributed by atoms with Gasteiger partial charge in [0.05, 0.1) is 10.6 Å². The molecule has 1 atom stereocenters. The molecular formula is C16H14BrF2NO4S. The van der Waals surface area contributed by atoms with E-state index in [0.29, 0.717) is 5.75 Å². The Morgan fingerprint density at radius 3 is 2.32 bits per heavy atom. The Morgan fingerprint density at radius 2 is 1.72 bits per heavy atom. The van der Waals surface area contributed by atoms with E-state index in [1.165, 1.54) is 25.1 Å². The van der Waals surface area contributed by atoms with Gasteiger partial charge in [0.1, 0.15) is 5.75 Å². The monoisotopic (exact) mass is 433 g/mol. The smallest absolute Gasteiger partial charge is 0.341 e. The zero-order chi connectivity index (χ0) is 18.6. The molecule has 0 aliphatic carbocycles. The minimum atomic E-state index is -4.84. The zero-order valence-electron chi connectivity index (χ0n) is 12.9. The first kappa shape index (κ1) is 19.3. The van der Waals surface area contributed by atoms with Crippen molar-refractivity contribution >= 4 is 37.4 Å². The molecule has 2 rings (SSSR count). The van der Waals surface area contributed by atoms with Gasteiger partial charge in [-0.3, -0.25) is 4.79 Å². The van der Waals surface area contributed by atoms with Gasteiger partial charge in [-0.15, -0.1) is 0 Å². The molecule has 0 bridgehead atoms. The van der Waals surface area contributed by atoms with Gasteiger partial charge in [0, 0.05) is 4.47 Å². The number of rotatable bonds is 6. The Kier molecular flexibility index (Phi) is 6.12. The normalized spacial score (nSPS) is 12.7. The third-order valence-electron chi connectivity index (χ3n) is 3.18. The van der Waals surface area contributed by atoms with Crippen molar-refractivity contribution in [3.63, 3.8) is 0 Å². The van der Waals surface area contributed by atoms with Crippen LogP contribution >= 0.6 is 15.9 Å². The number of nitrogens with one attached hydrogen (secondary N) is 1. The number of para-hydroxylation sites is 1. The molecule has 0 aromatic heterocycles. The lowest BCUT2D eigenvalue weighted by molar-refractivity contribution is -0.122. The van der Waals surface area contributed by atoms with Gasteiger partial charge in [-0.05, 0) is 43.3 Å². The van der Waals surface area contributed by atoms with Gasteiger partial charge in [0.2, 0.25) is 9.84 Å².